The van der Waals surface area contributed by atoms with Crippen LogP contribution in [0, 0.1) is 0 Å². The molecule has 19 heavy (non-hydrogen) atoms. The Labute approximate surface area is 119 Å². The molecule has 4 heteroatoms. The lowest BCUT2D eigenvalue weighted by atomic mass is 9.92. The Morgan fingerprint density at radius 1 is 1.32 bits per heavy atom. The first kappa shape index (κ1) is 14.5. The second-order valence-electron chi connectivity index (χ2n) is 4.84. The number of hydrogen-bond acceptors (Lipinski definition) is 3. The van der Waals surface area contributed by atoms with Crippen LogP contribution in [0.2, 0.25) is 5.02 Å². The van der Waals surface area contributed by atoms with Gasteiger partial charge in [0.1, 0.15) is 5.78 Å². The van der Waals surface area contributed by atoms with Crippen molar-refractivity contribution in [3.8, 4) is 0 Å². The van der Waals surface area contributed by atoms with Crippen LogP contribution in [0.3, 0.4) is 0 Å². The maximum Gasteiger partial charge on any atom is 0.141 e. The minimum atomic E-state index is -0.0552. The molecule has 0 N–H and O–H groups in total. The molecule has 0 aliphatic carbocycles. The maximum atomic E-state index is 12.2. The quantitative estimate of drug-likeness (QED) is 0.831. The fourth-order valence-electron chi connectivity index (χ4n) is 2.38. The van der Waals surface area contributed by atoms with Gasteiger partial charge < -0.3 is 4.74 Å². The molecule has 0 amide bonds. The maximum absolute atomic E-state index is 12.2. The van der Waals surface area contributed by atoms with Gasteiger partial charge in [0.2, 0.25) is 0 Å². The Hall–Kier alpha value is -0.900. The van der Waals surface area contributed by atoms with Crippen molar-refractivity contribution in [2.24, 2.45) is 0 Å². The molecule has 1 atom stereocenters. The molecule has 3 nitrogen and oxygen atoms in total. The highest BCUT2D eigenvalue weighted by molar-refractivity contribution is 6.30. The number of carbonyl (C=O) groups excluding carboxylic acids is 1. The number of benzene rings is 1. The Morgan fingerprint density at radius 2 is 1.95 bits per heavy atom. The van der Waals surface area contributed by atoms with E-state index < -0.39 is 0 Å². The average Bonchev–Trinajstić information content (AvgIpc) is 2.46. The molecule has 0 unspecified atom stereocenters. The Kier molecular flexibility index (Phi) is 5.37. The van der Waals surface area contributed by atoms with E-state index in [0.717, 1.165) is 38.4 Å². The topological polar surface area (TPSA) is 29.5 Å². The summed E-state index contributed by atoms with van der Waals surface area (Å²) >= 11 is 5.91. The largest absolute Gasteiger partial charge is 0.379 e. The van der Waals surface area contributed by atoms with Crippen LogP contribution in [0.4, 0.5) is 0 Å². The van der Waals surface area contributed by atoms with Gasteiger partial charge in [-0.15, -0.1) is 0 Å². The van der Waals surface area contributed by atoms with Crippen molar-refractivity contribution in [1.29, 1.82) is 0 Å². The summed E-state index contributed by atoms with van der Waals surface area (Å²) in [5.74, 6) is 0.231. The van der Waals surface area contributed by atoms with Crippen molar-refractivity contribution < 1.29 is 9.53 Å². The van der Waals surface area contributed by atoms with Gasteiger partial charge in [0.15, 0.2) is 0 Å². The monoisotopic (exact) mass is 281 g/mol. The van der Waals surface area contributed by atoms with Gasteiger partial charge in [-0.05, 0) is 17.7 Å². The summed E-state index contributed by atoms with van der Waals surface area (Å²) in [6.45, 7) is 6.02. The van der Waals surface area contributed by atoms with Crippen LogP contribution < -0.4 is 0 Å². The van der Waals surface area contributed by atoms with Crippen molar-refractivity contribution in [2.45, 2.75) is 19.3 Å². The second-order valence-corrected chi connectivity index (χ2v) is 5.27. The van der Waals surface area contributed by atoms with E-state index in [2.05, 4.69) is 4.90 Å². The van der Waals surface area contributed by atoms with Crippen molar-refractivity contribution in [2.75, 3.05) is 32.8 Å². The number of ether oxygens (including phenoxy) is 1. The standard InChI is InChI=1S/C15H20ClNO2/c1-2-15(18)14(11-17-7-9-19-10-8-17)12-3-5-13(16)6-4-12/h3-6,14H,2,7-11H2,1H3/t14-/m0/s1. The summed E-state index contributed by atoms with van der Waals surface area (Å²) in [5.41, 5.74) is 1.06. The van der Waals surface area contributed by atoms with E-state index in [1.54, 1.807) is 0 Å². The van der Waals surface area contributed by atoms with Crippen LogP contribution in [0.5, 0.6) is 0 Å². The minimum absolute atomic E-state index is 0.0552. The highest BCUT2D eigenvalue weighted by Gasteiger charge is 2.23. The van der Waals surface area contributed by atoms with Gasteiger partial charge in [-0.3, -0.25) is 9.69 Å². The summed E-state index contributed by atoms with van der Waals surface area (Å²) in [6.07, 6.45) is 0.567. The average molecular weight is 282 g/mol. The van der Waals surface area contributed by atoms with Crippen LogP contribution in [-0.4, -0.2) is 43.5 Å². The summed E-state index contributed by atoms with van der Waals surface area (Å²) in [7, 11) is 0. The molecule has 1 aromatic carbocycles. The Morgan fingerprint density at radius 3 is 2.53 bits per heavy atom. The van der Waals surface area contributed by atoms with E-state index >= 15 is 0 Å². The highest BCUT2D eigenvalue weighted by Crippen LogP contribution is 2.22. The molecule has 0 bridgehead atoms. The molecule has 1 aliphatic rings. The number of rotatable bonds is 5. The summed E-state index contributed by atoms with van der Waals surface area (Å²) in [4.78, 5) is 14.5. The van der Waals surface area contributed by atoms with Crippen LogP contribution in [0.25, 0.3) is 0 Å². The van der Waals surface area contributed by atoms with Crippen LogP contribution >= 0.6 is 11.6 Å². The van der Waals surface area contributed by atoms with E-state index in [-0.39, 0.29) is 11.7 Å². The van der Waals surface area contributed by atoms with Crippen molar-refractivity contribution in [3.05, 3.63) is 34.9 Å². The van der Waals surface area contributed by atoms with Gasteiger partial charge in [0.05, 0.1) is 19.1 Å². The zero-order chi connectivity index (χ0) is 13.7. The summed E-state index contributed by atoms with van der Waals surface area (Å²) in [5, 5.41) is 0.706. The van der Waals surface area contributed by atoms with Gasteiger partial charge in [-0.25, -0.2) is 0 Å². The zero-order valence-corrected chi connectivity index (χ0v) is 12.0. The molecule has 0 spiro atoms. The number of hydrogen-bond donors (Lipinski definition) is 0. The van der Waals surface area contributed by atoms with E-state index in [1.165, 1.54) is 0 Å². The second kappa shape index (κ2) is 7.04. The van der Waals surface area contributed by atoms with E-state index in [9.17, 15) is 4.79 Å². The fraction of sp³-hybridized carbons (Fsp3) is 0.533. The molecule has 1 aromatic rings. The molecule has 104 valence electrons. The van der Waals surface area contributed by atoms with Crippen LogP contribution in [0.15, 0.2) is 24.3 Å². The normalized spacial score (nSPS) is 18.2. The Balaban J connectivity index is 2.10. The predicted octanol–water partition coefficient (Wildman–Crippen LogP) is 2.73. The third kappa shape index (κ3) is 4.03. The molecule has 0 aromatic heterocycles. The molecule has 0 radical (unpaired) electrons. The number of ketones is 1. The first-order valence-corrected chi connectivity index (χ1v) is 7.16. The highest BCUT2D eigenvalue weighted by atomic mass is 35.5. The molecule has 1 saturated heterocycles. The smallest absolute Gasteiger partial charge is 0.141 e. The fourth-order valence-corrected chi connectivity index (χ4v) is 2.50. The van der Waals surface area contributed by atoms with Gasteiger partial charge in [0, 0.05) is 31.1 Å². The van der Waals surface area contributed by atoms with Crippen molar-refractivity contribution in [1.82, 2.24) is 4.90 Å². The molecule has 2 rings (SSSR count). The molecular formula is C15H20ClNO2. The van der Waals surface area contributed by atoms with Crippen LogP contribution in [0.1, 0.15) is 24.8 Å². The van der Waals surface area contributed by atoms with Crippen molar-refractivity contribution in [3.63, 3.8) is 0 Å². The number of morpholine rings is 1. The number of nitrogens with zero attached hydrogens (tertiary/aromatic N) is 1. The lowest BCUT2D eigenvalue weighted by Crippen LogP contribution is -2.40. The van der Waals surface area contributed by atoms with Gasteiger partial charge in [-0.2, -0.15) is 0 Å². The zero-order valence-electron chi connectivity index (χ0n) is 11.3. The SMILES string of the molecule is CCC(=O)[C@@H](CN1CCOCC1)c1ccc(Cl)cc1. The van der Waals surface area contributed by atoms with Crippen molar-refractivity contribution >= 4 is 17.4 Å². The number of Topliss-reactive ketones (excluding diaryl/α,β-unsaturated/α-hetero) is 1. The minimum Gasteiger partial charge on any atom is -0.379 e. The molecule has 1 fully saturated rings. The van der Waals surface area contributed by atoms with Gasteiger partial charge >= 0.3 is 0 Å². The predicted molar refractivity (Wildman–Crippen MR) is 76.8 cm³/mol. The van der Waals surface area contributed by atoms with E-state index in [4.69, 9.17) is 16.3 Å². The Bertz CT molecular complexity index is 413. The van der Waals surface area contributed by atoms with E-state index in [1.807, 2.05) is 31.2 Å². The first-order valence-electron chi connectivity index (χ1n) is 6.79. The van der Waals surface area contributed by atoms with E-state index in [0.29, 0.717) is 11.4 Å². The lowest BCUT2D eigenvalue weighted by Gasteiger charge is -2.30. The third-order valence-electron chi connectivity index (χ3n) is 3.55. The lowest BCUT2D eigenvalue weighted by molar-refractivity contribution is -0.121. The summed E-state index contributed by atoms with van der Waals surface area (Å²) in [6, 6.07) is 7.63. The van der Waals surface area contributed by atoms with Gasteiger partial charge in [-0.1, -0.05) is 30.7 Å². The third-order valence-corrected chi connectivity index (χ3v) is 3.81. The molecule has 1 heterocycles. The van der Waals surface area contributed by atoms with Gasteiger partial charge in [0.25, 0.3) is 0 Å². The molecule has 0 saturated carbocycles. The first-order chi connectivity index (χ1) is 9.20. The van der Waals surface area contributed by atoms with Crippen LogP contribution in [-0.2, 0) is 9.53 Å². The number of carbonyl (C=O) groups is 1. The molecular weight excluding hydrogens is 262 g/mol. The summed E-state index contributed by atoms with van der Waals surface area (Å²) < 4.78 is 5.35. The molecule has 1 aliphatic heterocycles. The number of halogens is 1.